The van der Waals surface area contributed by atoms with Crippen LogP contribution in [0.15, 0.2) is 24.8 Å². The van der Waals surface area contributed by atoms with E-state index in [0.29, 0.717) is 6.42 Å². The van der Waals surface area contributed by atoms with Gasteiger partial charge in [-0.3, -0.25) is 14.2 Å². The fourth-order valence-corrected chi connectivity index (χ4v) is 2.20. The summed E-state index contributed by atoms with van der Waals surface area (Å²) in [5.74, 6) is 1.07. The molecule has 1 amide bonds. The Kier molecular flexibility index (Phi) is 5.08. The Labute approximate surface area is 124 Å². The van der Waals surface area contributed by atoms with Crippen LogP contribution in [-0.2, 0) is 18.4 Å². The summed E-state index contributed by atoms with van der Waals surface area (Å²) in [6.45, 7) is 4.86. The monoisotopic (exact) mass is 290 g/mol. The third kappa shape index (κ3) is 4.14. The van der Waals surface area contributed by atoms with Gasteiger partial charge in [0.05, 0.1) is 6.04 Å². The van der Waals surface area contributed by atoms with Gasteiger partial charge in [0.15, 0.2) is 0 Å². The highest BCUT2D eigenvalue weighted by Crippen LogP contribution is 2.19. The second kappa shape index (κ2) is 7.01. The fraction of sp³-hybridized carbons (Fsp3) is 0.571. The van der Waals surface area contributed by atoms with E-state index in [1.54, 1.807) is 10.9 Å². The molecular formula is C14H22N6O. The van der Waals surface area contributed by atoms with Crippen LogP contribution in [0.1, 0.15) is 38.6 Å². The quantitative estimate of drug-likeness (QED) is 0.834. The van der Waals surface area contributed by atoms with Crippen LogP contribution in [0.5, 0.6) is 0 Å². The number of aryl methyl sites for hydroxylation is 2. The third-order valence-electron chi connectivity index (χ3n) is 3.36. The molecule has 2 aromatic rings. The molecule has 1 atom stereocenters. The SMILES string of the molecule is CC(C)C(NC(=O)CCCn1cccn1)c1ncnn1C. The third-order valence-corrected chi connectivity index (χ3v) is 3.36. The number of aromatic nitrogens is 5. The zero-order chi connectivity index (χ0) is 15.2. The number of carbonyl (C=O) groups excluding carboxylic acids is 1. The van der Waals surface area contributed by atoms with Crippen molar-refractivity contribution in [2.24, 2.45) is 13.0 Å². The van der Waals surface area contributed by atoms with Gasteiger partial charge in [0.25, 0.3) is 0 Å². The van der Waals surface area contributed by atoms with E-state index >= 15 is 0 Å². The van der Waals surface area contributed by atoms with Gasteiger partial charge < -0.3 is 5.32 Å². The highest BCUT2D eigenvalue weighted by atomic mass is 16.1. The van der Waals surface area contributed by atoms with Gasteiger partial charge in [-0.2, -0.15) is 10.2 Å². The van der Waals surface area contributed by atoms with E-state index < -0.39 is 0 Å². The summed E-state index contributed by atoms with van der Waals surface area (Å²) in [6.07, 6.45) is 6.38. The van der Waals surface area contributed by atoms with Crippen LogP contribution < -0.4 is 5.32 Å². The molecule has 0 saturated carbocycles. The number of amides is 1. The predicted molar refractivity (Wildman–Crippen MR) is 78.2 cm³/mol. The number of nitrogens with zero attached hydrogens (tertiary/aromatic N) is 5. The second-order valence-electron chi connectivity index (χ2n) is 5.40. The molecule has 0 spiro atoms. The summed E-state index contributed by atoms with van der Waals surface area (Å²) in [5.41, 5.74) is 0. The van der Waals surface area contributed by atoms with Gasteiger partial charge in [0.2, 0.25) is 5.91 Å². The molecule has 0 radical (unpaired) electrons. The zero-order valence-corrected chi connectivity index (χ0v) is 12.7. The van der Waals surface area contributed by atoms with Crippen molar-refractivity contribution >= 4 is 5.91 Å². The molecule has 114 valence electrons. The van der Waals surface area contributed by atoms with Gasteiger partial charge in [-0.25, -0.2) is 4.98 Å². The largest absolute Gasteiger partial charge is 0.346 e. The topological polar surface area (TPSA) is 77.6 Å². The van der Waals surface area contributed by atoms with E-state index in [2.05, 4.69) is 34.3 Å². The molecule has 1 unspecified atom stereocenters. The Morgan fingerprint density at radius 1 is 1.38 bits per heavy atom. The summed E-state index contributed by atoms with van der Waals surface area (Å²) < 4.78 is 3.53. The minimum Gasteiger partial charge on any atom is -0.346 e. The van der Waals surface area contributed by atoms with Crippen LogP contribution >= 0.6 is 0 Å². The first-order valence-corrected chi connectivity index (χ1v) is 7.18. The van der Waals surface area contributed by atoms with Crippen molar-refractivity contribution in [1.82, 2.24) is 29.9 Å². The van der Waals surface area contributed by atoms with Crippen molar-refractivity contribution in [3.8, 4) is 0 Å². The normalized spacial score (nSPS) is 12.6. The van der Waals surface area contributed by atoms with E-state index in [4.69, 9.17) is 0 Å². The molecule has 0 aliphatic rings. The highest BCUT2D eigenvalue weighted by molar-refractivity contribution is 5.76. The van der Waals surface area contributed by atoms with Crippen molar-refractivity contribution in [2.75, 3.05) is 0 Å². The molecule has 1 N–H and O–H groups in total. The van der Waals surface area contributed by atoms with Crippen molar-refractivity contribution in [3.63, 3.8) is 0 Å². The van der Waals surface area contributed by atoms with Crippen LogP contribution in [0, 0.1) is 5.92 Å². The van der Waals surface area contributed by atoms with Gasteiger partial charge >= 0.3 is 0 Å². The maximum atomic E-state index is 12.1. The minimum absolute atomic E-state index is 0.0313. The molecule has 0 aliphatic carbocycles. The summed E-state index contributed by atoms with van der Waals surface area (Å²) in [7, 11) is 1.83. The van der Waals surface area contributed by atoms with E-state index in [9.17, 15) is 4.79 Å². The predicted octanol–water partition coefficient (Wildman–Crippen LogP) is 1.31. The molecule has 2 aromatic heterocycles. The van der Waals surface area contributed by atoms with Crippen molar-refractivity contribution < 1.29 is 4.79 Å². The molecule has 7 heteroatoms. The Balaban J connectivity index is 1.85. The van der Waals surface area contributed by atoms with Crippen molar-refractivity contribution in [2.45, 2.75) is 39.3 Å². The smallest absolute Gasteiger partial charge is 0.220 e. The van der Waals surface area contributed by atoms with Gasteiger partial charge in [0, 0.05) is 32.4 Å². The summed E-state index contributed by atoms with van der Waals surface area (Å²) in [5, 5.41) is 11.2. The van der Waals surface area contributed by atoms with Gasteiger partial charge in [-0.1, -0.05) is 13.8 Å². The maximum Gasteiger partial charge on any atom is 0.220 e. The molecule has 21 heavy (non-hydrogen) atoms. The number of nitrogens with one attached hydrogen (secondary N) is 1. The summed E-state index contributed by atoms with van der Waals surface area (Å²) in [4.78, 5) is 16.3. The first-order valence-electron chi connectivity index (χ1n) is 7.18. The lowest BCUT2D eigenvalue weighted by Crippen LogP contribution is -2.33. The average molecular weight is 290 g/mol. The lowest BCUT2D eigenvalue weighted by atomic mass is 10.0. The summed E-state index contributed by atoms with van der Waals surface area (Å²) >= 11 is 0. The standard InChI is InChI=1S/C14H22N6O/c1-11(2)13(14-15-10-17-19(14)3)18-12(21)6-4-8-20-9-5-7-16-20/h5,7,9-11,13H,4,6,8H2,1-3H3,(H,18,21). The summed E-state index contributed by atoms with van der Waals surface area (Å²) in [6, 6.07) is 1.76. The Morgan fingerprint density at radius 2 is 2.19 bits per heavy atom. The molecule has 2 heterocycles. The second-order valence-corrected chi connectivity index (χ2v) is 5.40. The highest BCUT2D eigenvalue weighted by Gasteiger charge is 2.22. The average Bonchev–Trinajstić information content (AvgIpc) is 3.07. The van der Waals surface area contributed by atoms with E-state index in [-0.39, 0.29) is 17.9 Å². The van der Waals surface area contributed by atoms with Crippen LogP contribution in [0.25, 0.3) is 0 Å². The first-order chi connectivity index (χ1) is 10.1. The van der Waals surface area contributed by atoms with Crippen LogP contribution in [0.4, 0.5) is 0 Å². The first kappa shape index (κ1) is 15.2. The minimum atomic E-state index is -0.116. The molecule has 0 aliphatic heterocycles. The number of rotatable bonds is 7. The number of carbonyl (C=O) groups is 1. The van der Waals surface area contributed by atoms with Crippen molar-refractivity contribution in [3.05, 3.63) is 30.6 Å². The molecule has 0 aromatic carbocycles. The van der Waals surface area contributed by atoms with Crippen molar-refractivity contribution in [1.29, 1.82) is 0 Å². The van der Waals surface area contributed by atoms with E-state index in [0.717, 1.165) is 18.8 Å². The molecule has 0 bridgehead atoms. The van der Waals surface area contributed by atoms with Crippen LogP contribution in [0.3, 0.4) is 0 Å². The zero-order valence-electron chi connectivity index (χ0n) is 12.7. The maximum absolute atomic E-state index is 12.1. The molecular weight excluding hydrogens is 268 g/mol. The number of hydrogen-bond donors (Lipinski definition) is 1. The number of hydrogen-bond acceptors (Lipinski definition) is 4. The van der Waals surface area contributed by atoms with Gasteiger partial charge in [0.1, 0.15) is 12.2 Å². The molecule has 7 nitrogen and oxygen atoms in total. The Hall–Kier alpha value is -2.18. The van der Waals surface area contributed by atoms with Crippen LogP contribution in [-0.4, -0.2) is 30.5 Å². The lowest BCUT2D eigenvalue weighted by Gasteiger charge is -2.21. The van der Waals surface area contributed by atoms with E-state index in [1.165, 1.54) is 6.33 Å². The van der Waals surface area contributed by atoms with Gasteiger partial charge in [-0.15, -0.1) is 0 Å². The molecule has 0 saturated heterocycles. The Bertz CT molecular complexity index is 560. The molecule has 2 rings (SSSR count). The van der Waals surface area contributed by atoms with Gasteiger partial charge in [-0.05, 0) is 18.4 Å². The fourth-order valence-electron chi connectivity index (χ4n) is 2.20. The lowest BCUT2D eigenvalue weighted by molar-refractivity contribution is -0.122. The van der Waals surface area contributed by atoms with E-state index in [1.807, 2.05) is 24.0 Å². The Morgan fingerprint density at radius 3 is 2.76 bits per heavy atom. The molecule has 0 fully saturated rings. The van der Waals surface area contributed by atoms with Crippen LogP contribution in [0.2, 0.25) is 0 Å².